The third-order valence-electron chi connectivity index (χ3n) is 3.45. The van der Waals surface area contributed by atoms with Crippen molar-refractivity contribution in [3.8, 4) is 0 Å². The number of alkyl carbamates (subject to hydrolysis) is 1. The SMILES string of the molecule is CSc1ncnc2sc(C3COC=C3CNC(=O)OC(C)(C)C)nc12. The van der Waals surface area contributed by atoms with Crippen LogP contribution in [0.2, 0.25) is 0 Å². The Morgan fingerprint density at radius 2 is 2.28 bits per heavy atom. The highest BCUT2D eigenvalue weighted by Gasteiger charge is 2.27. The second-order valence-electron chi connectivity index (χ2n) is 6.52. The van der Waals surface area contributed by atoms with Gasteiger partial charge in [0.05, 0.1) is 12.2 Å². The number of ether oxygens (including phenoxy) is 2. The Morgan fingerprint density at radius 1 is 1.48 bits per heavy atom. The van der Waals surface area contributed by atoms with Crippen molar-refractivity contribution in [2.45, 2.75) is 37.3 Å². The van der Waals surface area contributed by atoms with Crippen LogP contribution in [0, 0.1) is 0 Å². The number of hydrogen-bond donors (Lipinski definition) is 1. The molecule has 0 radical (unpaired) electrons. The van der Waals surface area contributed by atoms with Gasteiger partial charge in [0.15, 0.2) is 0 Å². The van der Waals surface area contributed by atoms with E-state index in [0.29, 0.717) is 13.2 Å². The molecule has 2 aromatic rings. The van der Waals surface area contributed by atoms with E-state index in [1.807, 2.05) is 27.0 Å². The fraction of sp³-hybridized carbons (Fsp3) is 0.500. The maximum absolute atomic E-state index is 11.8. The van der Waals surface area contributed by atoms with Crippen LogP contribution in [0.15, 0.2) is 23.2 Å². The summed E-state index contributed by atoms with van der Waals surface area (Å²) in [5.41, 5.74) is 1.26. The zero-order chi connectivity index (χ0) is 18.0. The molecule has 1 amide bonds. The molecule has 0 bridgehead atoms. The zero-order valence-corrected chi connectivity index (χ0v) is 16.2. The normalized spacial score (nSPS) is 17.3. The monoisotopic (exact) mass is 380 g/mol. The van der Waals surface area contributed by atoms with Gasteiger partial charge in [0.2, 0.25) is 0 Å². The Kier molecular flexibility index (Phi) is 5.14. The van der Waals surface area contributed by atoms with Crippen molar-refractivity contribution in [3.05, 3.63) is 23.2 Å². The van der Waals surface area contributed by atoms with Crippen LogP contribution < -0.4 is 5.32 Å². The Labute approximate surface area is 154 Å². The first-order valence-corrected chi connectivity index (χ1v) is 9.84. The van der Waals surface area contributed by atoms with Gasteiger partial charge < -0.3 is 14.8 Å². The molecule has 7 nitrogen and oxygen atoms in total. The predicted octanol–water partition coefficient (Wildman–Crippen LogP) is 3.33. The van der Waals surface area contributed by atoms with Crippen LogP contribution in [0.5, 0.6) is 0 Å². The molecule has 1 atom stereocenters. The number of nitrogens with zero attached hydrogens (tertiary/aromatic N) is 3. The van der Waals surface area contributed by atoms with Crippen LogP contribution in [-0.2, 0) is 9.47 Å². The van der Waals surface area contributed by atoms with Gasteiger partial charge in [-0.1, -0.05) is 11.3 Å². The standard InChI is InChI=1S/C16H20N4O3S2/c1-16(2,3)23-15(21)17-5-9-6-22-7-10(9)12-20-11-13(24-4)18-8-19-14(11)25-12/h6,8,10H,5,7H2,1-4H3,(H,17,21). The second-order valence-corrected chi connectivity index (χ2v) is 8.33. The number of thiazole rings is 1. The molecule has 0 aromatic carbocycles. The number of amides is 1. The molecule has 0 saturated carbocycles. The smallest absolute Gasteiger partial charge is 0.407 e. The van der Waals surface area contributed by atoms with Gasteiger partial charge >= 0.3 is 6.09 Å². The molecule has 134 valence electrons. The van der Waals surface area contributed by atoms with E-state index in [2.05, 4.69) is 15.3 Å². The van der Waals surface area contributed by atoms with E-state index in [0.717, 1.165) is 26.0 Å². The van der Waals surface area contributed by atoms with E-state index in [1.54, 1.807) is 24.4 Å². The first kappa shape index (κ1) is 17.9. The molecule has 2 aromatic heterocycles. The average Bonchev–Trinajstić information content (AvgIpc) is 3.16. The quantitative estimate of drug-likeness (QED) is 0.643. The summed E-state index contributed by atoms with van der Waals surface area (Å²) in [7, 11) is 0. The fourth-order valence-corrected chi connectivity index (χ4v) is 3.96. The third-order valence-corrected chi connectivity index (χ3v) is 5.21. The minimum atomic E-state index is -0.524. The Balaban J connectivity index is 1.72. The number of thioether (sulfide) groups is 1. The Morgan fingerprint density at radius 3 is 3.00 bits per heavy atom. The van der Waals surface area contributed by atoms with Crippen molar-refractivity contribution in [2.24, 2.45) is 0 Å². The lowest BCUT2D eigenvalue weighted by molar-refractivity contribution is 0.0532. The summed E-state index contributed by atoms with van der Waals surface area (Å²) < 4.78 is 10.7. The van der Waals surface area contributed by atoms with E-state index in [-0.39, 0.29) is 5.92 Å². The van der Waals surface area contributed by atoms with Crippen LogP contribution in [0.25, 0.3) is 10.3 Å². The van der Waals surface area contributed by atoms with Crippen LogP contribution in [-0.4, -0.2) is 46.1 Å². The van der Waals surface area contributed by atoms with Crippen molar-refractivity contribution in [3.63, 3.8) is 0 Å². The highest BCUT2D eigenvalue weighted by molar-refractivity contribution is 7.98. The first-order chi connectivity index (χ1) is 11.9. The molecule has 0 saturated heterocycles. The molecule has 3 heterocycles. The number of rotatable bonds is 4. The van der Waals surface area contributed by atoms with Crippen molar-refractivity contribution < 1.29 is 14.3 Å². The zero-order valence-electron chi connectivity index (χ0n) is 14.5. The van der Waals surface area contributed by atoms with E-state index in [9.17, 15) is 4.79 Å². The largest absolute Gasteiger partial charge is 0.500 e. The summed E-state index contributed by atoms with van der Waals surface area (Å²) in [6.45, 7) is 6.36. The molecular weight excluding hydrogens is 360 g/mol. The molecule has 0 spiro atoms. The van der Waals surface area contributed by atoms with Gasteiger partial charge in [-0.2, -0.15) is 0 Å². The topological polar surface area (TPSA) is 86.2 Å². The molecule has 1 unspecified atom stereocenters. The Bertz CT molecular complexity index is 813. The highest BCUT2D eigenvalue weighted by atomic mass is 32.2. The van der Waals surface area contributed by atoms with Crippen LogP contribution in [0.4, 0.5) is 4.79 Å². The average molecular weight is 380 g/mol. The van der Waals surface area contributed by atoms with Gasteiger partial charge in [-0.15, -0.1) is 11.8 Å². The fourth-order valence-electron chi connectivity index (χ4n) is 2.37. The minimum Gasteiger partial charge on any atom is -0.500 e. The number of carbonyl (C=O) groups is 1. The van der Waals surface area contributed by atoms with Gasteiger partial charge in [0.1, 0.15) is 38.9 Å². The molecule has 1 N–H and O–H groups in total. The van der Waals surface area contributed by atoms with Crippen LogP contribution in [0.3, 0.4) is 0 Å². The van der Waals surface area contributed by atoms with Gasteiger partial charge in [-0.05, 0) is 32.6 Å². The molecule has 0 fully saturated rings. The molecule has 3 rings (SSSR count). The van der Waals surface area contributed by atoms with Gasteiger partial charge in [0, 0.05) is 6.54 Å². The minimum absolute atomic E-state index is 0.00356. The van der Waals surface area contributed by atoms with Crippen LogP contribution in [0.1, 0.15) is 31.7 Å². The summed E-state index contributed by atoms with van der Waals surface area (Å²) >= 11 is 3.08. The molecule has 1 aliphatic rings. The second kappa shape index (κ2) is 7.17. The van der Waals surface area contributed by atoms with Crippen molar-refractivity contribution in [1.82, 2.24) is 20.3 Å². The summed E-state index contributed by atoms with van der Waals surface area (Å²) in [6.07, 6.45) is 4.77. The third kappa shape index (κ3) is 4.21. The van der Waals surface area contributed by atoms with E-state index >= 15 is 0 Å². The lowest BCUT2D eigenvalue weighted by Gasteiger charge is -2.20. The number of fused-ring (bicyclic) bond motifs is 1. The van der Waals surface area contributed by atoms with Crippen molar-refractivity contribution in [1.29, 1.82) is 0 Å². The lowest BCUT2D eigenvalue weighted by atomic mass is 10.0. The van der Waals surface area contributed by atoms with Gasteiger partial charge in [-0.25, -0.2) is 19.7 Å². The molecule has 9 heteroatoms. The van der Waals surface area contributed by atoms with E-state index in [1.165, 1.54) is 11.3 Å². The van der Waals surface area contributed by atoms with Gasteiger partial charge in [0.25, 0.3) is 0 Å². The number of carbonyl (C=O) groups excluding carboxylic acids is 1. The molecular formula is C16H20N4O3S2. The lowest BCUT2D eigenvalue weighted by Crippen LogP contribution is -2.34. The van der Waals surface area contributed by atoms with Crippen LogP contribution >= 0.6 is 23.1 Å². The summed E-state index contributed by atoms with van der Waals surface area (Å²) in [4.78, 5) is 26.0. The van der Waals surface area contributed by atoms with Gasteiger partial charge in [-0.3, -0.25) is 0 Å². The number of hydrogen-bond acceptors (Lipinski definition) is 8. The molecule has 1 aliphatic heterocycles. The highest BCUT2D eigenvalue weighted by Crippen LogP contribution is 2.35. The number of aromatic nitrogens is 3. The maximum atomic E-state index is 11.8. The predicted molar refractivity (Wildman–Crippen MR) is 98.0 cm³/mol. The first-order valence-electron chi connectivity index (χ1n) is 7.80. The summed E-state index contributed by atoms with van der Waals surface area (Å²) in [5.74, 6) is 0.00356. The Hall–Kier alpha value is -1.87. The number of nitrogens with one attached hydrogen (secondary N) is 1. The van der Waals surface area contributed by atoms with Crippen molar-refractivity contribution >= 4 is 39.5 Å². The van der Waals surface area contributed by atoms with E-state index < -0.39 is 11.7 Å². The molecule has 0 aliphatic carbocycles. The summed E-state index contributed by atoms with van der Waals surface area (Å²) in [5, 5.41) is 4.55. The van der Waals surface area contributed by atoms with E-state index in [4.69, 9.17) is 14.5 Å². The molecule has 25 heavy (non-hydrogen) atoms. The summed E-state index contributed by atoms with van der Waals surface area (Å²) in [6, 6.07) is 0. The van der Waals surface area contributed by atoms with Crippen molar-refractivity contribution in [2.75, 3.05) is 19.4 Å². The maximum Gasteiger partial charge on any atom is 0.407 e.